The van der Waals surface area contributed by atoms with Crippen LogP contribution < -0.4 is 5.32 Å². The second kappa shape index (κ2) is 20.5. The number of nitrogens with zero attached hydrogens (tertiary/aromatic N) is 2. The lowest BCUT2D eigenvalue weighted by Gasteiger charge is -2.34. The van der Waals surface area contributed by atoms with Crippen LogP contribution in [0.15, 0.2) is 36.7 Å². The highest BCUT2D eigenvalue weighted by atomic mass is 16.5. The molecule has 0 aromatic carbocycles. The van der Waals surface area contributed by atoms with E-state index in [0.29, 0.717) is 29.8 Å². The van der Waals surface area contributed by atoms with Gasteiger partial charge >= 0.3 is 0 Å². The van der Waals surface area contributed by atoms with Crippen LogP contribution in [0.2, 0.25) is 0 Å². The fourth-order valence-electron chi connectivity index (χ4n) is 4.41. The average molecular weight is 654 g/mol. The van der Waals surface area contributed by atoms with Crippen LogP contribution in [0.25, 0.3) is 11.3 Å². The van der Waals surface area contributed by atoms with Gasteiger partial charge in [0.1, 0.15) is 28.6 Å². The predicted octanol–water partition coefficient (Wildman–Crippen LogP) is 5.24. The molecule has 1 N–H and O–H groups in total. The molecule has 1 atom stereocenters. The second-order valence-electron chi connectivity index (χ2n) is 12.1. The molecule has 0 radical (unpaired) electrons. The Balaban J connectivity index is 2.26. The summed E-state index contributed by atoms with van der Waals surface area (Å²) >= 11 is 0. The number of ether oxygens (including phenoxy) is 3. The lowest BCUT2D eigenvalue weighted by Crippen LogP contribution is -2.58. The molecule has 258 valence electrons. The number of nitrogens with one attached hydrogen (secondary N) is 1. The Morgan fingerprint density at radius 1 is 0.745 bits per heavy atom. The maximum absolute atomic E-state index is 13.6. The molecule has 47 heavy (non-hydrogen) atoms. The molecule has 2 rings (SSSR count). The van der Waals surface area contributed by atoms with Gasteiger partial charge in [0, 0.05) is 61.9 Å². The molecule has 0 fully saturated rings. The van der Waals surface area contributed by atoms with Crippen LogP contribution in [0.4, 0.5) is 0 Å². The van der Waals surface area contributed by atoms with Crippen molar-refractivity contribution in [2.75, 3.05) is 39.6 Å². The Labute approximate surface area is 278 Å². The van der Waals surface area contributed by atoms with E-state index in [4.69, 9.17) is 14.2 Å². The van der Waals surface area contributed by atoms with Gasteiger partial charge in [-0.2, -0.15) is 0 Å². The Kier molecular flexibility index (Phi) is 17.3. The lowest BCUT2D eigenvalue weighted by molar-refractivity contribution is -0.124. The van der Waals surface area contributed by atoms with Crippen molar-refractivity contribution >= 4 is 29.0 Å². The fraction of sp³-hybridized carbons (Fsp3) is 0.583. The molecular formula is C36H51N3O8. The van der Waals surface area contributed by atoms with E-state index in [1.807, 2.05) is 27.7 Å². The van der Waals surface area contributed by atoms with Gasteiger partial charge in [-0.15, -0.1) is 0 Å². The molecule has 11 heteroatoms. The number of ketones is 4. The zero-order valence-corrected chi connectivity index (χ0v) is 28.8. The van der Waals surface area contributed by atoms with Gasteiger partial charge in [-0.1, -0.05) is 41.5 Å². The van der Waals surface area contributed by atoms with Crippen LogP contribution in [0.1, 0.15) is 101 Å². The van der Waals surface area contributed by atoms with E-state index in [2.05, 4.69) is 15.3 Å². The third-order valence-electron chi connectivity index (χ3n) is 7.87. The summed E-state index contributed by atoms with van der Waals surface area (Å²) in [6.45, 7) is 11.4. The van der Waals surface area contributed by atoms with Gasteiger partial charge in [-0.05, 0) is 30.7 Å². The quantitative estimate of drug-likeness (QED) is 0.118. The fourth-order valence-corrected chi connectivity index (χ4v) is 4.41. The molecule has 0 saturated carbocycles. The van der Waals surface area contributed by atoms with Crippen molar-refractivity contribution in [1.82, 2.24) is 15.3 Å². The highest BCUT2D eigenvalue weighted by Crippen LogP contribution is 2.19. The molecule has 0 aliphatic heterocycles. The predicted molar refractivity (Wildman–Crippen MR) is 178 cm³/mol. The summed E-state index contributed by atoms with van der Waals surface area (Å²) in [4.78, 5) is 70.7. The van der Waals surface area contributed by atoms with Gasteiger partial charge in [0.25, 0.3) is 5.91 Å². The minimum Gasteiger partial charge on any atom is -0.378 e. The van der Waals surface area contributed by atoms with Crippen LogP contribution in [0.3, 0.4) is 0 Å². The van der Waals surface area contributed by atoms with E-state index in [1.54, 1.807) is 44.3 Å². The van der Waals surface area contributed by atoms with Crippen molar-refractivity contribution in [2.45, 2.75) is 85.6 Å². The van der Waals surface area contributed by atoms with E-state index in [-0.39, 0.29) is 99.4 Å². The third kappa shape index (κ3) is 13.5. The summed E-state index contributed by atoms with van der Waals surface area (Å²) in [6.07, 6.45) is 5.22. The summed E-state index contributed by atoms with van der Waals surface area (Å²) in [5.41, 5.74) is 0.725. The standard InChI is InChI=1S/C36H51N3O8/c1-7-26(6)33(42)16-19-47-24-36(22-45-17-14-29(40)8-2,23-46-18-15-30(41)9-3)39-35(44)28-11-12-31(37-21-28)27-10-13-32(38-20-27)34(43)25(4)5/h10-13,20-21,25-26H,7-9,14-19,22-24H2,1-6H3,(H,39,44). The monoisotopic (exact) mass is 653 g/mol. The number of amides is 1. The van der Waals surface area contributed by atoms with Crippen LogP contribution >= 0.6 is 0 Å². The van der Waals surface area contributed by atoms with E-state index >= 15 is 0 Å². The molecule has 0 bridgehead atoms. The van der Waals surface area contributed by atoms with Crippen molar-refractivity contribution in [3.63, 3.8) is 0 Å². The largest absolute Gasteiger partial charge is 0.378 e. The number of rotatable bonds is 24. The number of carbonyl (C=O) groups is 5. The number of pyridine rings is 2. The van der Waals surface area contributed by atoms with E-state index in [0.717, 1.165) is 6.42 Å². The molecular weight excluding hydrogens is 602 g/mol. The molecule has 1 unspecified atom stereocenters. The van der Waals surface area contributed by atoms with Crippen LogP contribution in [0.5, 0.6) is 0 Å². The summed E-state index contributed by atoms with van der Waals surface area (Å²) < 4.78 is 17.7. The summed E-state index contributed by atoms with van der Waals surface area (Å²) in [5, 5.41) is 3.00. The highest BCUT2D eigenvalue weighted by molar-refractivity contribution is 5.96. The van der Waals surface area contributed by atoms with E-state index in [9.17, 15) is 24.0 Å². The smallest absolute Gasteiger partial charge is 0.253 e. The topological polar surface area (TPSA) is 151 Å². The SMILES string of the molecule is CCC(=O)CCOCC(COCCC(=O)CC)(COCCC(=O)C(C)CC)NC(=O)c1ccc(-c2ccc(C(=O)C(C)C)nc2)nc1. The molecule has 11 nitrogen and oxygen atoms in total. The molecule has 0 saturated heterocycles. The van der Waals surface area contributed by atoms with Gasteiger partial charge in [0.05, 0.1) is 50.9 Å². The molecule has 0 aliphatic carbocycles. The molecule has 0 spiro atoms. The first kappa shape index (κ1) is 39.5. The Morgan fingerprint density at radius 2 is 1.32 bits per heavy atom. The zero-order chi connectivity index (χ0) is 34.8. The number of carbonyl (C=O) groups excluding carboxylic acids is 5. The molecule has 2 aromatic rings. The number of Topliss-reactive ketones (excluding diaryl/α,β-unsaturated/α-hetero) is 4. The van der Waals surface area contributed by atoms with Gasteiger partial charge in [0.2, 0.25) is 0 Å². The van der Waals surface area contributed by atoms with Gasteiger partial charge in [-0.25, -0.2) is 0 Å². The number of aromatic nitrogens is 2. The maximum atomic E-state index is 13.6. The first-order valence-electron chi connectivity index (χ1n) is 16.5. The first-order valence-corrected chi connectivity index (χ1v) is 16.5. The first-order chi connectivity index (χ1) is 22.4. The summed E-state index contributed by atoms with van der Waals surface area (Å²) in [7, 11) is 0. The third-order valence-corrected chi connectivity index (χ3v) is 7.87. The Bertz CT molecular complexity index is 1280. The number of hydrogen-bond donors (Lipinski definition) is 1. The van der Waals surface area contributed by atoms with Crippen molar-refractivity contribution in [3.05, 3.63) is 47.9 Å². The number of hydrogen-bond acceptors (Lipinski definition) is 10. The minimum absolute atomic E-state index is 0.0323. The van der Waals surface area contributed by atoms with E-state index in [1.165, 1.54) is 6.20 Å². The van der Waals surface area contributed by atoms with Crippen molar-refractivity contribution < 1.29 is 38.2 Å². The van der Waals surface area contributed by atoms with Crippen LogP contribution in [0, 0.1) is 11.8 Å². The molecule has 2 aromatic heterocycles. The average Bonchev–Trinajstić information content (AvgIpc) is 3.09. The zero-order valence-electron chi connectivity index (χ0n) is 28.8. The minimum atomic E-state index is -1.19. The Morgan fingerprint density at radius 3 is 1.77 bits per heavy atom. The lowest BCUT2D eigenvalue weighted by atomic mass is 10.0. The highest BCUT2D eigenvalue weighted by Gasteiger charge is 2.34. The normalized spacial score (nSPS) is 12.1. The molecule has 2 heterocycles. The van der Waals surface area contributed by atoms with Crippen LogP contribution in [-0.2, 0) is 28.6 Å². The Hall–Kier alpha value is -3.67. The van der Waals surface area contributed by atoms with E-state index < -0.39 is 11.4 Å². The maximum Gasteiger partial charge on any atom is 0.253 e. The van der Waals surface area contributed by atoms with Gasteiger partial charge in [-0.3, -0.25) is 33.9 Å². The second-order valence-corrected chi connectivity index (χ2v) is 12.1. The van der Waals surface area contributed by atoms with Gasteiger partial charge in [0.15, 0.2) is 5.78 Å². The summed E-state index contributed by atoms with van der Waals surface area (Å²) in [5.74, 6) is -0.550. The van der Waals surface area contributed by atoms with Crippen molar-refractivity contribution in [2.24, 2.45) is 11.8 Å². The van der Waals surface area contributed by atoms with Crippen molar-refractivity contribution in [1.29, 1.82) is 0 Å². The van der Waals surface area contributed by atoms with Crippen molar-refractivity contribution in [3.8, 4) is 11.3 Å². The van der Waals surface area contributed by atoms with Gasteiger partial charge < -0.3 is 19.5 Å². The van der Waals surface area contributed by atoms with Crippen LogP contribution in [-0.4, -0.2) is 84.2 Å². The summed E-state index contributed by atoms with van der Waals surface area (Å²) in [6, 6.07) is 6.74. The molecule has 0 aliphatic rings. The molecule has 1 amide bonds.